The first-order valence-electron chi connectivity index (χ1n) is 14.0. The van der Waals surface area contributed by atoms with E-state index >= 15 is 0 Å². The summed E-state index contributed by atoms with van der Waals surface area (Å²) in [4.78, 5) is 24.5. The van der Waals surface area contributed by atoms with Gasteiger partial charge in [-0.1, -0.05) is 33.8 Å². The van der Waals surface area contributed by atoms with Gasteiger partial charge in [0.15, 0.2) is 11.5 Å². The van der Waals surface area contributed by atoms with Crippen LogP contribution in [0.3, 0.4) is 0 Å². The first-order valence-corrected chi connectivity index (χ1v) is 14.0. The topological polar surface area (TPSA) is 146 Å². The molecule has 39 heavy (non-hydrogen) atoms. The molecule has 0 aromatic heterocycles. The number of carbonyl (C=O) groups is 2. The van der Waals surface area contributed by atoms with Crippen LogP contribution in [0.2, 0.25) is 0 Å². The minimum atomic E-state index is -0.854. The Bertz CT molecular complexity index is 889. The van der Waals surface area contributed by atoms with Gasteiger partial charge in [0.05, 0.1) is 25.2 Å². The number of methoxy groups -OCH3 is 2. The average Bonchev–Trinajstić information content (AvgIpc) is 2.87. The second kappa shape index (κ2) is 16.7. The van der Waals surface area contributed by atoms with Gasteiger partial charge in [-0.2, -0.15) is 0 Å². The van der Waals surface area contributed by atoms with Crippen molar-refractivity contribution in [2.24, 2.45) is 40.6 Å². The van der Waals surface area contributed by atoms with Crippen LogP contribution in [0.5, 0.6) is 11.5 Å². The van der Waals surface area contributed by atoms with Gasteiger partial charge in [0.1, 0.15) is 0 Å². The zero-order valence-electron chi connectivity index (χ0n) is 25.3. The van der Waals surface area contributed by atoms with Crippen LogP contribution < -0.4 is 26.3 Å². The number of aliphatic hydroxyl groups is 1. The summed E-state index contributed by atoms with van der Waals surface area (Å²) in [7, 11) is 3.29. The molecule has 9 heteroatoms. The fourth-order valence-electron chi connectivity index (χ4n) is 4.39. The minimum Gasteiger partial charge on any atom is -0.493 e. The van der Waals surface area contributed by atoms with E-state index in [9.17, 15) is 14.7 Å². The molecular weight excluding hydrogens is 498 g/mol. The van der Waals surface area contributed by atoms with Crippen molar-refractivity contribution in [2.75, 3.05) is 34.0 Å². The van der Waals surface area contributed by atoms with Crippen molar-refractivity contribution in [1.82, 2.24) is 5.32 Å². The van der Waals surface area contributed by atoms with E-state index in [4.69, 9.17) is 25.7 Å². The van der Waals surface area contributed by atoms with Crippen molar-refractivity contribution in [3.63, 3.8) is 0 Å². The maximum atomic E-state index is 12.9. The maximum absolute atomic E-state index is 12.9. The lowest BCUT2D eigenvalue weighted by molar-refractivity contribution is -0.130. The summed E-state index contributed by atoms with van der Waals surface area (Å²) in [6.45, 7) is 12.9. The van der Waals surface area contributed by atoms with Crippen molar-refractivity contribution < 1.29 is 28.9 Å². The molecule has 1 aromatic rings. The summed E-state index contributed by atoms with van der Waals surface area (Å²) in [5.74, 6) is 0.792. The number of amides is 2. The fraction of sp³-hybridized carbons (Fsp3) is 0.733. The third-order valence-electron chi connectivity index (χ3n) is 7.50. The summed E-state index contributed by atoms with van der Waals surface area (Å²) < 4.78 is 16.5. The van der Waals surface area contributed by atoms with Crippen molar-refractivity contribution in [2.45, 2.75) is 79.4 Å². The third-order valence-corrected chi connectivity index (χ3v) is 7.50. The molecule has 0 spiro atoms. The highest BCUT2D eigenvalue weighted by Crippen LogP contribution is 2.32. The molecular formula is C30H53N3O6. The number of primary amides is 1. The standard InChI is InChI=1S/C30H53N3O6/c1-19(2)22(14-21-10-11-26(38-8)27(15-21)39-13-9-12-37-7)16-24(31)25(34)17-23(20(3)4)28(35)33-18-30(5,6)29(32)36/h10-11,15,19-20,22-25,34H,9,12-14,16-18,31H2,1-8H3,(H2,32,36)(H,33,35)/t22-,23-,24+,25+/m0/s1. The zero-order chi connectivity index (χ0) is 29.8. The molecule has 1 aromatic carbocycles. The van der Waals surface area contributed by atoms with Crippen LogP contribution in [-0.2, 0) is 20.7 Å². The second-order valence-electron chi connectivity index (χ2n) is 11.9. The average molecular weight is 552 g/mol. The Morgan fingerprint density at radius 2 is 1.69 bits per heavy atom. The van der Waals surface area contributed by atoms with E-state index < -0.39 is 29.4 Å². The Morgan fingerprint density at radius 1 is 1.03 bits per heavy atom. The van der Waals surface area contributed by atoms with Crippen LogP contribution >= 0.6 is 0 Å². The first kappa shape index (κ1) is 34.7. The number of hydrogen-bond donors (Lipinski definition) is 4. The van der Waals surface area contributed by atoms with Gasteiger partial charge in [-0.15, -0.1) is 0 Å². The van der Waals surface area contributed by atoms with Gasteiger partial charge in [0.25, 0.3) is 0 Å². The number of ether oxygens (including phenoxy) is 3. The molecule has 6 N–H and O–H groups in total. The molecule has 0 saturated carbocycles. The molecule has 0 aliphatic carbocycles. The molecule has 0 saturated heterocycles. The lowest BCUT2D eigenvalue weighted by Crippen LogP contribution is -2.46. The first-order chi connectivity index (χ1) is 18.2. The van der Waals surface area contributed by atoms with Gasteiger partial charge < -0.3 is 36.1 Å². The Morgan fingerprint density at radius 3 is 2.23 bits per heavy atom. The molecule has 224 valence electrons. The van der Waals surface area contributed by atoms with Gasteiger partial charge in [-0.25, -0.2) is 0 Å². The van der Waals surface area contributed by atoms with Crippen LogP contribution in [0.15, 0.2) is 18.2 Å². The fourth-order valence-corrected chi connectivity index (χ4v) is 4.39. The largest absolute Gasteiger partial charge is 0.493 e. The lowest BCUT2D eigenvalue weighted by atomic mass is 9.80. The summed E-state index contributed by atoms with van der Waals surface area (Å²) >= 11 is 0. The maximum Gasteiger partial charge on any atom is 0.224 e. The minimum absolute atomic E-state index is 0.00829. The van der Waals surface area contributed by atoms with E-state index in [1.807, 2.05) is 32.0 Å². The molecule has 0 bridgehead atoms. The van der Waals surface area contributed by atoms with E-state index in [0.29, 0.717) is 37.1 Å². The molecule has 0 radical (unpaired) electrons. The third kappa shape index (κ3) is 11.7. The van der Waals surface area contributed by atoms with Crippen molar-refractivity contribution in [3.8, 4) is 11.5 Å². The highest BCUT2D eigenvalue weighted by molar-refractivity contribution is 5.83. The molecule has 0 fully saturated rings. The van der Waals surface area contributed by atoms with E-state index in [1.165, 1.54) is 0 Å². The highest BCUT2D eigenvalue weighted by atomic mass is 16.5. The van der Waals surface area contributed by atoms with Gasteiger partial charge in [0.2, 0.25) is 11.8 Å². The van der Waals surface area contributed by atoms with Crippen LogP contribution in [0.25, 0.3) is 0 Å². The van der Waals surface area contributed by atoms with E-state index in [1.54, 1.807) is 28.1 Å². The predicted octanol–water partition coefficient (Wildman–Crippen LogP) is 3.29. The van der Waals surface area contributed by atoms with Gasteiger partial charge >= 0.3 is 0 Å². The van der Waals surface area contributed by atoms with Crippen LogP contribution in [-0.4, -0.2) is 63.0 Å². The molecule has 0 aliphatic rings. The summed E-state index contributed by atoms with van der Waals surface area (Å²) in [5, 5.41) is 13.9. The number of carbonyl (C=O) groups excluding carboxylic acids is 2. The Balaban J connectivity index is 2.87. The monoisotopic (exact) mass is 551 g/mol. The van der Waals surface area contributed by atoms with Gasteiger partial charge in [-0.05, 0) is 68.6 Å². The van der Waals surface area contributed by atoms with Gasteiger partial charge in [-0.3, -0.25) is 9.59 Å². The molecule has 2 amide bonds. The zero-order valence-corrected chi connectivity index (χ0v) is 25.3. The number of benzene rings is 1. The highest BCUT2D eigenvalue weighted by Gasteiger charge is 2.32. The SMILES string of the molecule is COCCCOc1cc(C[C@@H](C[C@@H](N)[C@H](O)C[C@H](C(=O)NCC(C)(C)C(N)=O)C(C)C)C(C)C)ccc1OC. The van der Waals surface area contributed by atoms with Crippen LogP contribution in [0, 0.1) is 29.1 Å². The summed E-state index contributed by atoms with van der Waals surface area (Å²) in [6.07, 6.45) is 1.56. The van der Waals surface area contributed by atoms with E-state index in [0.717, 1.165) is 18.4 Å². The Kier molecular flexibility index (Phi) is 14.8. The predicted molar refractivity (Wildman–Crippen MR) is 155 cm³/mol. The molecule has 9 nitrogen and oxygen atoms in total. The molecule has 0 unspecified atom stereocenters. The van der Waals surface area contributed by atoms with Crippen LogP contribution in [0.1, 0.15) is 66.4 Å². The molecule has 0 heterocycles. The lowest BCUT2D eigenvalue weighted by Gasteiger charge is -2.30. The normalized spacial score (nSPS) is 15.1. The molecule has 4 atom stereocenters. The number of rotatable bonds is 19. The number of hydrogen-bond acceptors (Lipinski definition) is 7. The van der Waals surface area contributed by atoms with Crippen molar-refractivity contribution in [1.29, 1.82) is 0 Å². The Labute approximate surface area is 235 Å². The Hall–Kier alpha value is -2.36. The summed E-state index contributed by atoms with van der Waals surface area (Å²) in [5.41, 5.74) is 12.2. The van der Waals surface area contributed by atoms with Gasteiger partial charge in [0, 0.05) is 38.6 Å². The smallest absolute Gasteiger partial charge is 0.224 e. The number of aliphatic hydroxyl groups excluding tert-OH is 1. The molecule has 0 aliphatic heterocycles. The second-order valence-corrected chi connectivity index (χ2v) is 11.9. The summed E-state index contributed by atoms with van der Waals surface area (Å²) in [6, 6.07) is 5.47. The van der Waals surface area contributed by atoms with E-state index in [2.05, 4.69) is 19.2 Å². The number of nitrogens with two attached hydrogens (primary N) is 2. The number of nitrogens with one attached hydrogen (secondary N) is 1. The quantitative estimate of drug-likeness (QED) is 0.193. The van der Waals surface area contributed by atoms with Crippen molar-refractivity contribution >= 4 is 11.8 Å². The van der Waals surface area contributed by atoms with Crippen LogP contribution in [0.4, 0.5) is 0 Å². The molecule has 1 rings (SSSR count). The van der Waals surface area contributed by atoms with E-state index in [-0.39, 0.29) is 30.7 Å². The van der Waals surface area contributed by atoms with Crippen molar-refractivity contribution in [3.05, 3.63) is 23.8 Å².